The first-order valence-electron chi connectivity index (χ1n) is 7.16. The van der Waals surface area contributed by atoms with Gasteiger partial charge in [-0.1, -0.05) is 6.92 Å². The maximum absolute atomic E-state index is 12.9. The Labute approximate surface area is 128 Å². The molecule has 2 aromatic rings. The molecular weight excluding hydrogens is 287 g/mol. The second kappa shape index (κ2) is 7.70. The quantitative estimate of drug-likeness (QED) is 0.822. The van der Waals surface area contributed by atoms with Crippen molar-refractivity contribution in [2.45, 2.75) is 19.8 Å². The Morgan fingerprint density at radius 1 is 1.41 bits per heavy atom. The number of oxazole rings is 1. The van der Waals surface area contributed by atoms with Crippen molar-refractivity contribution in [1.29, 1.82) is 0 Å². The van der Waals surface area contributed by atoms with Crippen molar-refractivity contribution in [2.75, 3.05) is 13.2 Å². The largest absolute Gasteiger partial charge is 0.444 e. The van der Waals surface area contributed by atoms with E-state index >= 15 is 0 Å². The van der Waals surface area contributed by atoms with Crippen molar-refractivity contribution in [3.63, 3.8) is 0 Å². The molecule has 0 saturated heterocycles. The summed E-state index contributed by atoms with van der Waals surface area (Å²) in [6, 6.07) is 5.80. The zero-order valence-electron chi connectivity index (χ0n) is 12.4. The summed E-state index contributed by atoms with van der Waals surface area (Å²) < 4.78 is 18.2. The summed E-state index contributed by atoms with van der Waals surface area (Å²) in [5.41, 5.74) is 1.18. The molecule has 0 saturated carbocycles. The molecule has 0 spiro atoms. The van der Waals surface area contributed by atoms with Crippen LogP contribution in [0.15, 0.2) is 34.9 Å². The fourth-order valence-electron chi connectivity index (χ4n) is 1.95. The topological polar surface area (TPSA) is 75.4 Å². The number of aromatic nitrogens is 1. The van der Waals surface area contributed by atoms with Crippen molar-refractivity contribution in [1.82, 2.24) is 10.3 Å². The summed E-state index contributed by atoms with van der Waals surface area (Å²) in [7, 11) is 0. The van der Waals surface area contributed by atoms with Crippen LogP contribution >= 0.6 is 0 Å². The third-order valence-electron chi connectivity index (χ3n) is 3.25. The minimum atomic E-state index is -0.327. The number of halogens is 1. The number of hydrogen-bond donors (Lipinski definition) is 2. The molecule has 2 rings (SSSR count). The normalized spacial score (nSPS) is 12.1. The Morgan fingerprint density at radius 3 is 2.82 bits per heavy atom. The summed E-state index contributed by atoms with van der Waals surface area (Å²) in [6.07, 6.45) is 2.20. The highest BCUT2D eigenvalue weighted by molar-refractivity contribution is 5.78. The maximum Gasteiger partial charge on any atom is 0.226 e. The minimum absolute atomic E-state index is 0.112. The van der Waals surface area contributed by atoms with Gasteiger partial charge in [-0.25, -0.2) is 9.37 Å². The van der Waals surface area contributed by atoms with Gasteiger partial charge in [-0.05, 0) is 36.6 Å². The number of nitrogens with zero attached hydrogens (tertiary/aromatic N) is 1. The average Bonchev–Trinajstić information content (AvgIpc) is 2.95. The van der Waals surface area contributed by atoms with Gasteiger partial charge < -0.3 is 14.8 Å². The number of hydrogen-bond acceptors (Lipinski definition) is 4. The van der Waals surface area contributed by atoms with Crippen LogP contribution < -0.4 is 5.32 Å². The van der Waals surface area contributed by atoms with E-state index in [0.717, 1.165) is 0 Å². The Balaban J connectivity index is 1.89. The maximum atomic E-state index is 12.9. The second-order valence-corrected chi connectivity index (χ2v) is 5.25. The van der Waals surface area contributed by atoms with E-state index in [2.05, 4.69) is 10.3 Å². The summed E-state index contributed by atoms with van der Waals surface area (Å²) in [5, 5.41) is 11.6. The average molecular weight is 306 g/mol. The van der Waals surface area contributed by atoms with Gasteiger partial charge >= 0.3 is 0 Å². The Bertz CT molecular complexity index is 610. The molecule has 118 valence electrons. The van der Waals surface area contributed by atoms with Crippen LogP contribution in [-0.4, -0.2) is 29.1 Å². The lowest BCUT2D eigenvalue weighted by Crippen LogP contribution is -2.30. The van der Waals surface area contributed by atoms with Gasteiger partial charge in [0, 0.05) is 18.7 Å². The molecule has 1 heterocycles. The molecule has 0 aliphatic rings. The van der Waals surface area contributed by atoms with Gasteiger partial charge in [0.05, 0.1) is 12.1 Å². The molecule has 2 N–H and O–H groups in total. The summed E-state index contributed by atoms with van der Waals surface area (Å²) in [6.45, 7) is 2.59. The molecule has 6 heteroatoms. The molecule has 1 atom stereocenters. The van der Waals surface area contributed by atoms with Gasteiger partial charge in [0.15, 0.2) is 0 Å². The van der Waals surface area contributed by atoms with E-state index in [9.17, 15) is 9.18 Å². The summed E-state index contributed by atoms with van der Waals surface area (Å²) in [5.74, 6) is 0.105. The molecule has 0 aliphatic carbocycles. The smallest absolute Gasteiger partial charge is 0.226 e. The highest BCUT2D eigenvalue weighted by Gasteiger charge is 2.11. The van der Waals surface area contributed by atoms with Gasteiger partial charge in [-0.15, -0.1) is 0 Å². The van der Waals surface area contributed by atoms with Gasteiger partial charge in [0.2, 0.25) is 11.8 Å². The van der Waals surface area contributed by atoms with Crippen LogP contribution in [-0.2, 0) is 11.2 Å². The molecule has 1 aromatic heterocycles. The number of rotatable bonds is 7. The Hall–Kier alpha value is -2.21. The lowest BCUT2D eigenvalue weighted by Gasteiger charge is -2.10. The molecule has 0 fully saturated rings. The molecule has 22 heavy (non-hydrogen) atoms. The van der Waals surface area contributed by atoms with E-state index in [1.54, 1.807) is 12.1 Å². The first-order valence-corrected chi connectivity index (χ1v) is 7.16. The lowest BCUT2D eigenvalue weighted by molar-refractivity contribution is -0.120. The fourth-order valence-corrected chi connectivity index (χ4v) is 1.95. The van der Waals surface area contributed by atoms with E-state index in [1.165, 1.54) is 18.4 Å². The first kappa shape index (κ1) is 16.2. The molecule has 1 aromatic carbocycles. The predicted octanol–water partition coefficient (Wildman–Crippen LogP) is 2.16. The van der Waals surface area contributed by atoms with E-state index < -0.39 is 0 Å². The molecule has 0 aliphatic heterocycles. The minimum Gasteiger partial charge on any atom is -0.444 e. The molecule has 0 bridgehead atoms. The van der Waals surface area contributed by atoms with Crippen molar-refractivity contribution in [3.05, 3.63) is 42.0 Å². The lowest BCUT2D eigenvalue weighted by atomic mass is 10.1. The zero-order valence-corrected chi connectivity index (χ0v) is 12.4. The van der Waals surface area contributed by atoms with Crippen molar-refractivity contribution < 1.29 is 18.7 Å². The van der Waals surface area contributed by atoms with Gasteiger partial charge in [0.25, 0.3) is 0 Å². The number of nitrogens with one attached hydrogen (secondary N) is 1. The van der Waals surface area contributed by atoms with Crippen molar-refractivity contribution in [2.24, 2.45) is 5.92 Å². The van der Waals surface area contributed by atoms with Crippen LogP contribution in [0.2, 0.25) is 0 Å². The van der Waals surface area contributed by atoms with Crippen molar-refractivity contribution >= 4 is 5.91 Å². The van der Waals surface area contributed by atoms with Crippen LogP contribution in [0.25, 0.3) is 11.5 Å². The fraction of sp³-hybridized carbons (Fsp3) is 0.375. The molecule has 1 amide bonds. The Morgan fingerprint density at radius 2 is 2.14 bits per heavy atom. The van der Waals surface area contributed by atoms with Crippen LogP contribution in [0.4, 0.5) is 4.39 Å². The third-order valence-corrected chi connectivity index (χ3v) is 3.25. The zero-order chi connectivity index (χ0) is 15.9. The monoisotopic (exact) mass is 306 g/mol. The van der Waals surface area contributed by atoms with E-state index in [0.29, 0.717) is 30.1 Å². The number of aliphatic hydroxyl groups is 1. The van der Waals surface area contributed by atoms with Crippen LogP contribution in [0.1, 0.15) is 19.0 Å². The van der Waals surface area contributed by atoms with Gasteiger partial charge in [-0.3, -0.25) is 4.79 Å². The van der Waals surface area contributed by atoms with Crippen LogP contribution in [0.3, 0.4) is 0 Å². The second-order valence-electron chi connectivity index (χ2n) is 5.25. The third kappa shape index (κ3) is 4.66. The van der Waals surface area contributed by atoms with Crippen molar-refractivity contribution in [3.8, 4) is 11.5 Å². The predicted molar refractivity (Wildman–Crippen MR) is 79.5 cm³/mol. The standard InChI is InChI=1S/C16H19FN2O3/c1-11(6-7-20)9-18-15(21)8-14-10-22-16(19-14)12-2-4-13(17)5-3-12/h2-5,10-11,20H,6-9H2,1H3,(H,18,21). The highest BCUT2D eigenvalue weighted by atomic mass is 19.1. The van der Waals surface area contributed by atoms with E-state index in [1.807, 2.05) is 6.92 Å². The number of carbonyl (C=O) groups is 1. The Kier molecular flexibility index (Phi) is 5.66. The molecule has 1 unspecified atom stereocenters. The summed E-state index contributed by atoms with van der Waals surface area (Å²) >= 11 is 0. The SMILES string of the molecule is CC(CCO)CNC(=O)Cc1coc(-c2ccc(F)cc2)n1. The summed E-state index contributed by atoms with van der Waals surface area (Å²) in [4.78, 5) is 16.0. The number of aliphatic hydroxyl groups excluding tert-OH is 1. The van der Waals surface area contributed by atoms with Crippen LogP contribution in [0, 0.1) is 11.7 Å². The number of amides is 1. The highest BCUT2D eigenvalue weighted by Crippen LogP contribution is 2.19. The van der Waals surface area contributed by atoms with E-state index in [-0.39, 0.29) is 30.7 Å². The number of carbonyl (C=O) groups excluding carboxylic acids is 1. The first-order chi connectivity index (χ1) is 10.6. The molecule has 5 nitrogen and oxygen atoms in total. The van der Waals surface area contributed by atoms with Gasteiger partial charge in [-0.2, -0.15) is 0 Å². The van der Waals surface area contributed by atoms with E-state index in [4.69, 9.17) is 9.52 Å². The van der Waals surface area contributed by atoms with Gasteiger partial charge in [0.1, 0.15) is 12.1 Å². The molecule has 0 radical (unpaired) electrons. The number of benzene rings is 1. The molecular formula is C16H19FN2O3. The van der Waals surface area contributed by atoms with Crippen LogP contribution in [0.5, 0.6) is 0 Å².